The second-order valence-electron chi connectivity index (χ2n) is 11.9. The molecule has 2 aromatic carbocycles. The number of nitrogens with one attached hydrogen (secondary N) is 2. The summed E-state index contributed by atoms with van der Waals surface area (Å²) < 4.78 is 15.9. The number of rotatable bonds is 14. The Bertz CT molecular complexity index is 1330. The Morgan fingerprint density at radius 1 is 0.957 bits per heavy atom. The van der Waals surface area contributed by atoms with Gasteiger partial charge in [-0.05, 0) is 63.3 Å². The van der Waals surface area contributed by atoms with Crippen LogP contribution in [0.5, 0.6) is 5.75 Å². The van der Waals surface area contributed by atoms with E-state index < -0.39 is 54.2 Å². The average Bonchev–Trinajstić information content (AvgIpc) is 3.00. The second-order valence-corrected chi connectivity index (χ2v) is 11.9. The Labute approximate surface area is 269 Å². The lowest BCUT2D eigenvalue weighted by Crippen LogP contribution is -2.63. The van der Waals surface area contributed by atoms with Gasteiger partial charge in [0.15, 0.2) is 0 Å². The molecule has 0 bridgehead atoms. The van der Waals surface area contributed by atoms with E-state index in [2.05, 4.69) is 10.6 Å². The van der Waals surface area contributed by atoms with E-state index in [1.807, 2.05) is 30.3 Å². The Morgan fingerprint density at radius 3 is 2.28 bits per heavy atom. The fourth-order valence-corrected chi connectivity index (χ4v) is 4.97. The van der Waals surface area contributed by atoms with Gasteiger partial charge in [0.25, 0.3) is 0 Å². The van der Waals surface area contributed by atoms with Gasteiger partial charge in [-0.15, -0.1) is 0 Å². The molecule has 0 radical (unpaired) electrons. The van der Waals surface area contributed by atoms with Crippen LogP contribution >= 0.6 is 0 Å². The minimum Gasteiger partial charge on any atom is -0.497 e. The van der Waals surface area contributed by atoms with Gasteiger partial charge in [-0.25, -0.2) is 9.59 Å². The summed E-state index contributed by atoms with van der Waals surface area (Å²) in [6.07, 6.45) is -0.0757. The van der Waals surface area contributed by atoms with Crippen LogP contribution in [0.25, 0.3) is 0 Å². The minimum absolute atomic E-state index is 0.00240. The van der Waals surface area contributed by atoms with E-state index in [9.17, 15) is 29.1 Å². The molecule has 3 rings (SSSR count). The molecule has 2 unspecified atom stereocenters. The Hall–Kier alpha value is -4.81. The third kappa shape index (κ3) is 11.6. The maximum atomic E-state index is 14.1. The van der Waals surface area contributed by atoms with Gasteiger partial charge in [0.2, 0.25) is 11.8 Å². The van der Waals surface area contributed by atoms with Crippen molar-refractivity contribution in [3.05, 3.63) is 65.7 Å². The van der Waals surface area contributed by atoms with E-state index in [0.29, 0.717) is 18.6 Å². The summed E-state index contributed by atoms with van der Waals surface area (Å²) in [4.78, 5) is 66.5. The number of hydrogen-bond acceptors (Lipinski definition) is 8. The number of piperazine rings is 1. The molecule has 1 fully saturated rings. The van der Waals surface area contributed by atoms with Gasteiger partial charge in [0.05, 0.1) is 7.11 Å². The monoisotopic (exact) mass is 640 g/mol. The molecule has 1 aliphatic rings. The van der Waals surface area contributed by atoms with Crippen molar-refractivity contribution in [1.82, 2.24) is 20.4 Å². The van der Waals surface area contributed by atoms with Crippen LogP contribution in [-0.4, -0.2) is 95.9 Å². The van der Waals surface area contributed by atoms with Crippen molar-refractivity contribution in [3.8, 4) is 5.75 Å². The molecule has 1 saturated heterocycles. The highest BCUT2D eigenvalue weighted by atomic mass is 16.6. The maximum Gasteiger partial charge on any atom is 0.408 e. The lowest BCUT2D eigenvalue weighted by Gasteiger charge is -2.41. The Balaban J connectivity index is 1.75. The van der Waals surface area contributed by atoms with Crippen molar-refractivity contribution in [2.24, 2.45) is 0 Å². The topological polar surface area (TPSA) is 164 Å². The molecule has 13 nitrogen and oxygen atoms in total. The zero-order valence-corrected chi connectivity index (χ0v) is 26.8. The largest absolute Gasteiger partial charge is 0.497 e. The van der Waals surface area contributed by atoms with E-state index in [4.69, 9.17) is 14.2 Å². The van der Waals surface area contributed by atoms with Crippen LogP contribution < -0.4 is 15.4 Å². The first-order valence-electron chi connectivity index (χ1n) is 15.2. The van der Waals surface area contributed by atoms with Gasteiger partial charge >= 0.3 is 18.2 Å². The lowest BCUT2D eigenvalue weighted by molar-refractivity contribution is -0.156. The van der Waals surface area contributed by atoms with Crippen LogP contribution in [0.15, 0.2) is 54.6 Å². The number of benzene rings is 2. The summed E-state index contributed by atoms with van der Waals surface area (Å²) in [7, 11) is 1.54. The van der Waals surface area contributed by atoms with Crippen molar-refractivity contribution in [1.29, 1.82) is 0 Å². The SMILES string of the molecule is COc1ccc(CC(NC(=O)OCc2ccccc2)C(=O)N2CCN(CC(=O)O)C(=O)C2CCCCNC(=O)OC(C)(C)C)cc1. The third-order valence-electron chi connectivity index (χ3n) is 7.17. The van der Waals surface area contributed by atoms with Crippen LogP contribution in [0.2, 0.25) is 0 Å². The third-order valence-corrected chi connectivity index (χ3v) is 7.17. The number of ether oxygens (including phenoxy) is 3. The summed E-state index contributed by atoms with van der Waals surface area (Å²) in [6.45, 7) is 5.19. The standard InChI is InChI=1S/C33H44N4O9/c1-33(2,3)46-31(42)34-17-9-8-12-27-30(41)36(21-28(38)39)18-19-37(27)29(40)26(20-23-13-15-25(44-4)16-14-23)35-32(43)45-22-24-10-6-5-7-11-24/h5-7,10-11,13-16,26-27H,8-9,12,17-22H2,1-4H3,(H,34,42)(H,35,43)(H,38,39). The normalized spacial score (nSPS) is 15.5. The lowest BCUT2D eigenvalue weighted by atomic mass is 9.99. The zero-order valence-electron chi connectivity index (χ0n) is 26.8. The summed E-state index contributed by atoms with van der Waals surface area (Å²) in [5.41, 5.74) is 0.873. The molecule has 250 valence electrons. The zero-order chi connectivity index (χ0) is 33.7. The molecule has 46 heavy (non-hydrogen) atoms. The highest BCUT2D eigenvalue weighted by molar-refractivity contribution is 5.93. The molecule has 2 aromatic rings. The average molecular weight is 641 g/mol. The summed E-state index contributed by atoms with van der Waals surface area (Å²) in [5.74, 6) is -1.51. The van der Waals surface area contributed by atoms with Crippen LogP contribution in [-0.2, 0) is 36.9 Å². The Morgan fingerprint density at radius 2 is 1.65 bits per heavy atom. The van der Waals surface area contributed by atoms with Crippen molar-refractivity contribution < 1.29 is 43.3 Å². The predicted molar refractivity (Wildman–Crippen MR) is 168 cm³/mol. The van der Waals surface area contributed by atoms with Crippen LogP contribution in [0.3, 0.4) is 0 Å². The number of methoxy groups -OCH3 is 1. The molecule has 3 N–H and O–H groups in total. The number of carbonyl (C=O) groups is 5. The van der Waals surface area contributed by atoms with Crippen molar-refractivity contribution in [2.75, 3.05) is 33.3 Å². The number of aliphatic carboxylic acids is 1. The first-order valence-corrected chi connectivity index (χ1v) is 15.2. The molecule has 0 aliphatic carbocycles. The number of alkyl carbamates (subject to hydrolysis) is 2. The molecule has 1 aliphatic heterocycles. The highest BCUT2D eigenvalue weighted by Crippen LogP contribution is 2.21. The molecular formula is C33H44N4O9. The molecule has 13 heteroatoms. The van der Waals surface area contributed by atoms with Crippen LogP contribution in [0, 0.1) is 0 Å². The smallest absolute Gasteiger partial charge is 0.408 e. The summed E-state index contributed by atoms with van der Waals surface area (Å²) in [5, 5.41) is 14.7. The molecule has 0 aromatic heterocycles. The van der Waals surface area contributed by atoms with Crippen molar-refractivity contribution in [2.45, 2.75) is 70.7 Å². The van der Waals surface area contributed by atoms with Gasteiger partial charge in [-0.3, -0.25) is 14.4 Å². The second kappa shape index (κ2) is 17.0. The van der Waals surface area contributed by atoms with E-state index in [0.717, 1.165) is 11.1 Å². The molecule has 2 atom stereocenters. The first kappa shape index (κ1) is 35.7. The van der Waals surface area contributed by atoms with Gasteiger partial charge in [0, 0.05) is 26.1 Å². The van der Waals surface area contributed by atoms with E-state index in [-0.39, 0.29) is 39.1 Å². The molecule has 4 amide bonds. The number of hydrogen-bond donors (Lipinski definition) is 3. The van der Waals surface area contributed by atoms with Gasteiger partial charge in [-0.1, -0.05) is 42.5 Å². The molecule has 1 heterocycles. The summed E-state index contributed by atoms with van der Waals surface area (Å²) in [6, 6.07) is 14.1. The Kier molecular flexibility index (Phi) is 13.2. The molecule has 0 spiro atoms. The highest BCUT2D eigenvalue weighted by Gasteiger charge is 2.40. The number of carboxylic acids is 1. The van der Waals surface area contributed by atoms with Gasteiger partial charge in [-0.2, -0.15) is 0 Å². The first-order chi connectivity index (χ1) is 21.9. The number of nitrogens with zero attached hydrogens (tertiary/aromatic N) is 2. The fraction of sp³-hybridized carbons (Fsp3) is 0.485. The molecule has 0 saturated carbocycles. The number of carboxylic acid groups (broad SMARTS) is 1. The fourth-order valence-electron chi connectivity index (χ4n) is 4.97. The molecular weight excluding hydrogens is 596 g/mol. The van der Waals surface area contributed by atoms with Gasteiger partial charge < -0.3 is 39.8 Å². The van der Waals surface area contributed by atoms with Gasteiger partial charge in [0.1, 0.15) is 36.6 Å². The number of amides is 4. The maximum absolute atomic E-state index is 14.1. The number of unbranched alkanes of at least 4 members (excludes halogenated alkanes) is 1. The number of carbonyl (C=O) groups excluding carboxylic acids is 4. The van der Waals surface area contributed by atoms with E-state index in [1.54, 1.807) is 52.1 Å². The van der Waals surface area contributed by atoms with E-state index in [1.165, 1.54) is 9.80 Å². The quantitative estimate of drug-likeness (QED) is 0.263. The van der Waals surface area contributed by atoms with Crippen molar-refractivity contribution in [3.63, 3.8) is 0 Å². The predicted octanol–water partition coefficient (Wildman–Crippen LogP) is 3.35. The minimum atomic E-state index is -1.16. The van der Waals surface area contributed by atoms with Crippen LogP contribution in [0.1, 0.15) is 51.2 Å². The van der Waals surface area contributed by atoms with E-state index >= 15 is 0 Å². The van der Waals surface area contributed by atoms with Crippen molar-refractivity contribution >= 4 is 30.0 Å². The van der Waals surface area contributed by atoms with Crippen LogP contribution in [0.4, 0.5) is 9.59 Å². The summed E-state index contributed by atoms with van der Waals surface area (Å²) >= 11 is 0.